The van der Waals surface area contributed by atoms with E-state index in [0.717, 1.165) is 42.8 Å². The van der Waals surface area contributed by atoms with Gasteiger partial charge in [0, 0.05) is 25.2 Å². The van der Waals surface area contributed by atoms with Gasteiger partial charge in [-0.25, -0.2) is 8.42 Å². The molecule has 1 N–H and O–H groups in total. The average molecular weight is 488 g/mol. The number of morpholine rings is 1. The second kappa shape index (κ2) is 10.9. The molecule has 0 spiro atoms. The van der Waals surface area contributed by atoms with Gasteiger partial charge in [-0.2, -0.15) is 4.31 Å². The Kier molecular flexibility index (Phi) is 7.88. The van der Waals surface area contributed by atoms with Crippen LogP contribution in [0, 0.1) is 6.92 Å². The molecular formula is C25H33N3O5S. The predicted molar refractivity (Wildman–Crippen MR) is 130 cm³/mol. The smallest absolute Gasteiger partial charge is 0.251 e. The standard InChI is InChI=1S/C25H33N3O5S/c1-19-5-10-22(34(30,31)28-13-15-33-16-14-28)17-23(19)25(29)26-18-24(27-11-3-4-12-27)20-6-8-21(32-2)9-7-20/h5-10,17,24H,3-4,11-16,18H2,1-2H3,(H,26,29). The highest BCUT2D eigenvalue weighted by molar-refractivity contribution is 7.89. The highest BCUT2D eigenvalue weighted by atomic mass is 32.2. The van der Waals surface area contributed by atoms with Crippen molar-refractivity contribution in [1.82, 2.24) is 14.5 Å². The Bertz CT molecular complexity index is 1090. The maximum atomic E-state index is 13.2. The molecule has 2 saturated heterocycles. The number of nitrogens with one attached hydrogen (secondary N) is 1. The molecule has 2 aliphatic rings. The lowest BCUT2D eigenvalue weighted by Gasteiger charge is -2.28. The minimum atomic E-state index is -3.68. The van der Waals surface area contributed by atoms with Gasteiger partial charge in [-0.3, -0.25) is 9.69 Å². The van der Waals surface area contributed by atoms with Gasteiger partial charge >= 0.3 is 0 Å². The minimum absolute atomic E-state index is 0.0397. The molecule has 1 unspecified atom stereocenters. The zero-order valence-corrected chi connectivity index (χ0v) is 20.6. The first-order chi connectivity index (χ1) is 16.4. The molecule has 0 aromatic heterocycles. The summed E-state index contributed by atoms with van der Waals surface area (Å²) in [4.78, 5) is 15.7. The Hall–Kier alpha value is -2.46. The van der Waals surface area contributed by atoms with Crippen LogP contribution in [0.5, 0.6) is 5.75 Å². The quantitative estimate of drug-likeness (QED) is 0.616. The molecule has 2 aliphatic heterocycles. The monoisotopic (exact) mass is 487 g/mol. The fourth-order valence-electron chi connectivity index (χ4n) is 4.56. The molecule has 1 amide bonds. The van der Waals surface area contributed by atoms with Crippen molar-refractivity contribution in [2.45, 2.75) is 30.7 Å². The number of sulfonamides is 1. The first-order valence-corrected chi connectivity index (χ1v) is 13.2. The summed E-state index contributed by atoms with van der Waals surface area (Å²) in [6.45, 7) is 5.61. The summed E-state index contributed by atoms with van der Waals surface area (Å²) in [5, 5.41) is 3.06. The zero-order valence-electron chi connectivity index (χ0n) is 19.8. The van der Waals surface area contributed by atoms with E-state index in [-0.39, 0.29) is 16.8 Å². The molecule has 4 rings (SSSR count). The normalized spacial score (nSPS) is 18.5. The maximum absolute atomic E-state index is 13.2. The van der Waals surface area contributed by atoms with Gasteiger partial charge in [0.1, 0.15) is 5.75 Å². The van der Waals surface area contributed by atoms with Gasteiger partial charge < -0.3 is 14.8 Å². The first kappa shape index (κ1) is 24.7. The van der Waals surface area contributed by atoms with E-state index < -0.39 is 10.0 Å². The van der Waals surface area contributed by atoms with E-state index in [1.165, 1.54) is 10.4 Å². The van der Waals surface area contributed by atoms with Crippen molar-refractivity contribution in [1.29, 1.82) is 0 Å². The number of carbonyl (C=O) groups is 1. The van der Waals surface area contributed by atoms with Crippen molar-refractivity contribution in [2.75, 3.05) is 53.0 Å². The molecule has 34 heavy (non-hydrogen) atoms. The van der Waals surface area contributed by atoms with Crippen LogP contribution in [0.2, 0.25) is 0 Å². The highest BCUT2D eigenvalue weighted by Crippen LogP contribution is 2.27. The average Bonchev–Trinajstić information content (AvgIpc) is 3.40. The summed E-state index contributed by atoms with van der Waals surface area (Å²) in [7, 11) is -2.03. The van der Waals surface area contributed by atoms with E-state index in [9.17, 15) is 13.2 Å². The van der Waals surface area contributed by atoms with Crippen LogP contribution in [-0.4, -0.2) is 76.6 Å². The Labute approximate surface area is 201 Å². The molecule has 2 aromatic carbocycles. The van der Waals surface area contributed by atoms with Crippen LogP contribution in [0.25, 0.3) is 0 Å². The molecule has 0 aliphatic carbocycles. The number of amides is 1. The van der Waals surface area contributed by atoms with Crippen LogP contribution in [0.3, 0.4) is 0 Å². The predicted octanol–water partition coefficient (Wildman–Crippen LogP) is 2.59. The molecule has 0 bridgehead atoms. The van der Waals surface area contributed by atoms with Crippen molar-refractivity contribution in [2.24, 2.45) is 0 Å². The van der Waals surface area contributed by atoms with E-state index in [4.69, 9.17) is 9.47 Å². The minimum Gasteiger partial charge on any atom is -0.497 e. The van der Waals surface area contributed by atoms with Gasteiger partial charge in [0.2, 0.25) is 10.0 Å². The Morgan fingerprint density at radius 1 is 1.06 bits per heavy atom. The van der Waals surface area contributed by atoms with Gasteiger partial charge in [0.25, 0.3) is 5.91 Å². The fraction of sp³-hybridized carbons (Fsp3) is 0.480. The van der Waals surface area contributed by atoms with E-state index in [0.29, 0.717) is 38.4 Å². The van der Waals surface area contributed by atoms with Gasteiger partial charge in [-0.1, -0.05) is 18.2 Å². The van der Waals surface area contributed by atoms with E-state index in [1.54, 1.807) is 19.2 Å². The fourth-order valence-corrected chi connectivity index (χ4v) is 6.00. The number of aryl methyl sites for hydroxylation is 1. The second-order valence-corrected chi connectivity index (χ2v) is 10.7. The molecule has 2 aromatic rings. The SMILES string of the molecule is COc1ccc(C(CNC(=O)c2cc(S(=O)(=O)N3CCOCC3)ccc2C)N2CCCC2)cc1. The summed E-state index contributed by atoms with van der Waals surface area (Å²) in [5.74, 6) is 0.524. The topological polar surface area (TPSA) is 88.2 Å². The van der Waals surface area contributed by atoms with Crippen LogP contribution in [0.1, 0.15) is 40.4 Å². The largest absolute Gasteiger partial charge is 0.497 e. The number of hydrogen-bond donors (Lipinski definition) is 1. The summed E-state index contributed by atoms with van der Waals surface area (Å²) < 4.78 is 38.1. The van der Waals surface area contributed by atoms with Crippen LogP contribution >= 0.6 is 0 Å². The number of rotatable bonds is 8. The summed E-state index contributed by atoms with van der Waals surface area (Å²) >= 11 is 0. The number of ether oxygens (including phenoxy) is 2. The number of hydrogen-bond acceptors (Lipinski definition) is 6. The van der Waals surface area contributed by atoms with Gasteiger partial charge in [-0.05, 0) is 68.2 Å². The Balaban J connectivity index is 1.52. The molecule has 9 heteroatoms. The lowest BCUT2D eigenvalue weighted by molar-refractivity contribution is 0.0730. The van der Waals surface area contributed by atoms with Crippen LogP contribution in [-0.2, 0) is 14.8 Å². The van der Waals surface area contributed by atoms with E-state index in [1.807, 2.05) is 31.2 Å². The second-order valence-electron chi connectivity index (χ2n) is 8.74. The maximum Gasteiger partial charge on any atom is 0.251 e. The van der Waals surface area contributed by atoms with E-state index in [2.05, 4.69) is 10.2 Å². The molecular weight excluding hydrogens is 454 g/mol. The van der Waals surface area contributed by atoms with Gasteiger partial charge in [0.15, 0.2) is 0 Å². The van der Waals surface area contributed by atoms with Crippen molar-refractivity contribution in [3.05, 3.63) is 59.2 Å². The molecule has 2 heterocycles. The number of likely N-dealkylation sites (tertiary alicyclic amines) is 1. The summed E-state index contributed by atoms with van der Waals surface area (Å²) in [6.07, 6.45) is 2.28. The summed E-state index contributed by atoms with van der Waals surface area (Å²) in [6, 6.07) is 12.7. The van der Waals surface area contributed by atoms with Gasteiger partial charge in [-0.15, -0.1) is 0 Å². The Morgan fingerprint density at radius 2 is 1.74 bits per heavy atom. The number of nitrogens with zero attached hydrogens (tertiary/aromatic N) is 2. The molecule has 184 valence electrons. The van der Waals surface area contributed by atoms with E-state index >= 15 is 0 Å². The van der Waals surface area contributed by atoms with Crippen molar-refractivity contribution in [3.8, 4) is 5.75 Å². The molecule has 2 fully saturated rings. The number of carbonyl (C=O) groups excluding carboxylic acids is 1. The molecule has 1 atom stereocenters. The molecule has 0 saturated carbocycles. The Morgan fingerprint density at radius 3 is 2.38 bits per heavy atom. The lowest BCUT2D eigenvalue weighted by atomic mass is 10.0. The van der Waals surface area contributed by atoms with Gasteiger partial charge in [0.05, 0.1) is 31.3 Å². The van der Waals surface area contributed by atoms with Crippen LogP contribution < -0.4 is 10.1 Å². The highest BCUT2D eigenvalue weighted by Gasteiger charge is 2.28. The van der Waals surface area contributed by atoms with Crippen molar-refractivity contribution >= 4 is 15.9 Å². The third kappa shape index (κ3) is 5.43. The van der Waals surface area contributed by atoms with Crippen LogP contribution in [0.15, 0.2) is 47.4 Å². The summed E-state index contributed by atoms with van der Waals surface area (Å²) in [5.41, 5.74) is 2.23. The zero-order chi connectivity index (χ0) is 24.1. The third-order valence-corrected chi connectivity index (χ3v) is 8.49. The van der Waals surface area contributed by atoms with Crippen molar-refractivity contribution in [3.63, 3.8) is 0 Å². The lowest BCUT2D eigenvalue weighted by Crippen LogP contribution is -2.40. The third-order valence-electron chi connectivity index (χ3n) is 6.60. The van der Waals surface area contributed by atoms with Crippen molar-refractivity contribution < 1.29 is 22.7 Å². The van der Waals surface area contributed by atoms with Crippen LogP contribution in [0.4, 0.5) is 0 Å². The number of benzene rings is 2. The molecule has 0 radical (unpaired) electrons. The first-order valence-electron chi connectivity index (χ1n) is 11.7. The number of methoxy groups -OCH3 is 1. The molecule has 8 nitrogen and oxygen atoms in total.